The molecule has 1 heterocycles. The van der Waals surface area contributed by atoms with Gasteiger partial charge in [0.2, 0.25) is 17.2 Å². The third-order valence-corrected chi connectivity index (χ3v) is 3.96. The van der Waals surface area contributed by atoms with Crippen molar-refractivity contribution in [3.63, 3.8) is 0 Å². The SMILES string of the molecule is C#CC(C)(C)NC(=O)c1cc(Cl)cc(Cl)c1.CC(C)Nc1nc(Cl)nc(NC(C)C)n1. The number of benzene rings is 1. The Morgan fingerprint density at radius 3 is 1.77 bits per heavy atom. The van der Waals surface area contributed by atoms with Gasteiger partial charge in [-0.15, -0.1) is 6.42 Å². The van der Waals surface area contributed by atoms with E-state index in [1.54, 1.807) is 19.9 Å². The van der Waals surface area contributed by atoms with Crippen molar-refractivity contribution in [1.82, 2.24) is 20.3 Å². The van der Waals surface area contributed by atoms with Crippen molar-refractivity contribution >= 4 is 52.6 Å². The van der Waals surface area contributed by atoms with Crippen molar-refractivity contribution in [1.29, 1.82) is 0 Å². The number of terminal acetylenes is 1. The zero-order valence-corrected chi connectivity index (χ0v) is 20.6. The Kier molecular flexibility index (Phi) is 10.3. The standard InChI is InChI=1S/C12H11Cl2NO.C9H16ClN5/c1-4-12(2,3)15-11(16)8-5-9(13)7-10(14)6-8;1-5(2)11-8-13-7(10)14-9(15-8)12-6(3)4/h1,5-7H,2-3H3,(H,15,16);5-6H,1-4H3,(H2,11,12,13,14,15). The molecule has 2 rings (SSSR count). The van der Waals surface area contributed by atoms with Crippen LogP contribution < -0.4 is 16.0 Å². The molecule has 31 heavy (non-hydrogen) atoms. The molecule has 0 radical (unpaired) electrons. The molecule has 0 unspecified atom stereocenters. The minimum absolute atomic E-state index is 0.191. The lowest BCUT2D eigenvalue weighted by Gasteiger charge is -2.19. The zero-order chi connectivity index (χ0) is 23.8. The molecule has 0 aliphatic carbocycles. The summed E-state index contributed by atoms with van der Waals surface area (Å²) in [5, 5.41) is 9.85. The summed E-state index contributed by atoms with van der Waals surface area (Å²) in [5.74, 6) is 3.16. The molecule has 0 bridgehead atoms. The average molecular weight is 486 g/mol. The zero-order valence-electron chi connectivity index (χ0n) is 18.3. The number of rotatable bonds is 6. The Labute approximate surface area is 198 Å². The van der Waals surface area contributed by atoms with Crippen LogP contribution in [0.15, 0.2) is 18.2 Å². The molecular weight excluding hydrogens is 459 g/mol. The molecule has 1 aromatic heterocycles. The summed E-state index contributed by atoms with van der Waals surface area (Å²) in [6.07, 6.45) is 5.28. The Balaban J connectivity index is 0.000000311. The second-order valence-corrected chi connectivity index (χ2v) is 8.94. The van der Waals surface area contributed by atoms with Crippen molar-refractivity contribution in [2.45, 2.75) is 59.2 Å². The fourth-order valence-electron chi connectivity index (χ4n) is 2.07. The number of amides is 1. The first-order chi connectivity index (χ1) is 14.3. The number of nitrogens with zero attached hydrogens (tertiary/aromatic N) is 3. The third kappa shape index (κ3) is 10.5. The summed E-state index contributed by atoms with van der Waals surface area (Å²) in [6.45, 7) is 11.5. The molecule has 1 aromatic carbocycles. The minimum Gasteiger partial charge on any atom is -0.352 e. The molecule has 0 fully saturated rings. The molecule has 0 aliphatic rings. The van der Waals surface area contributed by atoms with Crippen LogP contribution in [-0.2, 0) is 0 Å². The maximum absolute atomic E-state index is 11.8. The van der Waals surface area contributed by atoms with Gasteiger partial charge in [-0.25, -0.2) is 0 Å². The Bertz CT molecular complexity index is 893. The molecule has 0 spiro atoms. The van der Waals surface area contributed by atoms with Crippen molar-refractivity contribution in [2.75, 3.05) is 10.6 Å². The number of carbonyl (C=O) groups excluding carboxylic acids is 1. The Hall–Kier alpha value is -2.27. The number of hydrogen-bond acceptors (Lipinski definition) is 6. The van der Waals surface area contributed by atoms with Gasteiger partial charge < -0.3 is 16.0 Å². The van der Waals surface area contributed by atoms with Crippen LogP contribution in [0, 0.1) is 12.3 Å². The first kappa shape index (κ1) is 26.8. The van der Waals surface area contributed by atoms with Gasteiger partial charge in [0.25, 0.3) is 5.91 Å². The van der Waals surface area contributed by atoms with Gasteiger partial charge in [0, 0.05) is 27.7 Å². The monoisotopic (exact) mass is 484 g/mol. The third-order valence-electron chi connectivity index (χ3n) is 3.36. The highest BCUT2D eigenvalue weighted by molar-refractivity contribution is 6.35. The molecule has 0 aliphatic heterocycles. The highest BCUT2D eigenvalue weighted by atomic mass is 35.5. The lowest BCUT2D eigenvalue weighted by atomic mass is 10.1. The summed E-state index contributed by atoms with van der Waals surface area (Å²) in [5.41, 5.74) is -0.313. The first-order valence-electron chi connectivity index (χ1n) is 9.52. The summed E-state index contributed by atoms with van der Waals surface area (Å²) in [6, 6.07) is 5.16. The first-order valence-corrected chi connectivity index (χ1v) is 10.7. The van der Waals surface area contributed by atoms with E-state index in [1.165, 1.54) is 12.1 Å². The van der Waals surface area contributed by atoms with Crippen LogP contribution in [0.1, 0.15) is 51.9 Å². The van der Waals surface area contributed by atoms with E-state index in [0.29, 0.717) is 27.5 Å². The normalized spacial score (nSPS) is 10.8. The fourth-order valence-corrected chi connectivity index (χ4v) is 2.76. The second-order valence-electron chi connectivity index (χ2n) is 7.73. The van der Waals surface area contributed by atoms with E-state index in [9.17, 15) is 4.79 Å². The van der Waals surface area contributed by atoms with E-state index in [-0.39, 0.29) is 23.3 Å². The van der Waals surface area contributed by atoms with Gasteiger partial charge in [-0.3, -0.25) is 4.79 Å². The van der Waals surface area contributed by atoms with Crippen molar-refractivity contribution in [3.05, 3.63) is 39.1 Å². The van der Waals surface area contributed by atoms with Crippen LogP contribution in [0.3, 0.4) is 0 Å². The topological polar surface area (TPSA) is 91.8 Å². The lowest BCUT2D eigenvalue weighted by molar-refractivity contribution is 0.0930. The Morgan fingerprint density at radius 2 is 1.39 bits per heavy atom. The smallest absolute Gasteiger partial charge is 0.252 e. The predicted octanol–water partition coefficient (Wildman–Crippen LogP) is 5.30. The molecule has 10 heteroatoms. The van der Waals surface area contributed by atoms with Crippen LogP contribution in [0.25, 0.3) is 0 Å². The van der Waals surface area contributed by atoms with Crippen LogP contribution in [-0.4, -0.2) is 38.5 Å². The van der Waals surface area contributed by atoms with E-state index in [2.05, 4.69) is 36.8 Å². The van der Waals surface area contributed by atoms with Crippen molar-refractivity contribution < 1.29 is 4.79 Å². The van der Waals surface area contributed by atoms with E-state index in [1.807, 2.05) is 27.7 Å². The molecule has 7 nitrogen and oxygen atoms in total. The van der Waals surface area contributed by atoms with Crippen LogP contribution in [0.4, 0.5) is 11.9 Å². The van der Waals surface area contributed by atoms with E-state index in [4.69, 9.17) is 41.2 Å². The Morgan fingerprint density at radius 1 is 0.935 bits per heavy atom. The second kappa shape index (κ2) is 11.9. The van der Waals surface area contributed by atoms with Gasteiger partial charge in [0.15, 0.2) is 0 Å². The molecule has 2 aromatic rings. The van der Waals surface area contributed by atoms with Crippen LogP contribution in [0.5, 0.6) is 0 Å². The largest absolute Gasteiger partial charge is 0.352 e. The molecule has 0 saturated carbocycles. The predicted molar refractivity (Wildman–Crippen MR) is 129 cm³/mol. The minimum atomic E-state index is -0.703. The summed E-state index contributed by atoms with van der Waals surface area (Å²) >= 11 is 17.4. The highest BCUT2D eigenvalue weighted by Gasteiger charge is 2.18. The number of nitrogens with one attached hydrogen (secondary N) is 3. The van der Waals surface area contributed by atoms with E-state index >= 15 is 0 Å². The maximum Gasteiger partial charge on any atom is 0.252 e. The molecule has 1 amide bonds. The van der Waals surface area contributed by atoms with Crippen molar-refractivity contribution in [2.24, 2.45) is 0 Å². The quantitative estimate of drug-likeness (QED) is 0.481. The van der Waals surface area contributed by atoms with Gasteiger partial charge in [-0.2, -0.15) is 15.0 Å². The van der Waals surface area contributed by atoms with Crippen molar-refractivity contribution in [3.8, 4) is 12.3 Å². The highest BCUT2D eigenvalue weighted by Crippen LogP contribution is 2.19. The number of halogens is 3. The fraction of sp³-hybridized carbons (Fsp3) is 0.429. The van der Waals surface area contributed by atoms with Gasteiger partial charge in [0.05, 0.1) is 5.54 Å². The van der Waals surface area contributed by atoms with Crippen LogP contribution >= 0.6 is 34.8 Å². The van der Waals surface area contributed by atoms with Crippen LogP contribution in [0.2, 0.25) is 15.3 Å². The maximum atomic E-state index is 11.8. The molecule has 3 N–H and O–H groups in total. The summed E-state index contributed by atoms with van der Waals surface area (Å²) in [7, 11) is 0. The van der Waals surface area contributed by atoms with Gasteiger partial charge >= 0.3 is 0 Å². The lowest BCUT2D eigenvalue weighted by Crippen LogP contribution is -2.42. The molecule has 168 valence electrons. The molecular formula is C21H27Cl3N6O. The molecule has 0 saturated heterocycles. The summed E-state index contributed by atoms with van der Waals surface area (Å²) in [4.78, 5) is 23.9. The van der Waals surface area contributed by atoms with Gasteiger partial charge in [0.1, 0.15) is 0 Å². The average Bonchev–Trinajstić information content (AvgIpc) is 2.59. The van der Waals surface area contributed by atoms with Gasteiger partial charge in [-0.1, -0.05) is 29.1 Å². The number of anilines is 2. The van der Waals surface area contributed by atoms with Gasteiger partial charge in [-0.05, 0) is 71.3 Å². The number of aromatic nitrogens is 3. The molecule has 0 atom stereocenters. The number of carbonyl (C=O) groups is 1. The summed E-state index contributed by atoms with van der Waals surface area (Å²) < 4.78 is 0. The van der Waals surface area contributed by atoms with E-state index < -0.39 is 5.54 Å². The van der Waals surface area contributed by atoms with E-state index in [0.717, 1.165) is 0 Å². The number of hydrogen-bond donors (Lipinski definition) is 3.